The third kappa shape index (κ3) is 4.53. The van der Waals surface area contributed by atoms with Gasteiger partial charge in [0.15, 0.2) is 11.7 Å². The van der Waals surface area contributed by atoms with Crippen LogP contribution in [0.3, 0.4) is 0 Å². The van der Waals surface area contributed by atoms with E-state index in [0.29, 0.717) is 23.0 Å². The number of ether oxygens (including phenoxy) is 2. The molecule has 0 fully saturated rings. The Morgan fingerprint density at radius 3 is 2.85 bits per heavy atom. The summed E-state index contributed by atoms with van der Waals surface area (Å²) in [6, 6.07) is 9.21. The molecule has 2 aromatic carbocycles. The minimum Gasteiger partial charge on any atom is -0.494 e. The zero-order chi connectivity index (χ0) is 19.4. The SMILES string of the molecule is CCOc1ccc2nc(NC(=O)COC(=O)c3c(F)cccc3Cl)sc2c1. The highest BCUT2D eigenvalue weighted by atomic mass is 35.5. The molecule has 0 aliphatic heterocycles. The Bertz CT molecular complexity index is 988. The lowest BCUT2D eigenvalue weighted by atomic mass is 10.2. The number of esters is 1. The van der Waals surface area contributed by atoms with E-state index in [-0.39, 0.29) is 5.02 Å². The van der Waals surface area contributed by atoms with Crippen LogP contribution in [0.4, 0.5) is 9.52 Å². The van der Waals surface area contributed by atoms with Gasteiger partial charge in [0.1, 0.15) is 17.1 Å². The monoisotopic (exact) mass is 408 g/mol. The lowest BCUT2D eigenvalue weighted by molar-refractivity contribution is -0.119. The van der Waals surface area contributed by atoms with Crippen molar-refractivity contribution >= 4 is 50.2 Å². The molecule has 9 heteroatoms. The molecule has 1 heterocycles. The fraction of sp³-hybridized carbons (Fsp3) is 0.167. The van der Waals surface area contributed by atoms with Crippen LogP contribution in [0.15, 0.2) is 36.4 Å². The molecule has 0 saturated carbocycles. The van der Waals surface area contributed by atoms with Crippen LogP contribution in [-0.2, 0) is 9.53 Å². The number of nitrogens with zero attached hydrogens (tertiary/aromatic N) is 1. The molecule has 3 aromatic rings. The van der Waals surface area contributed by atoms with E-state index in [1.54, 1.807) is 12.1 Å². The van der Waals surface area contributed by atoms with Crippen molar-refractivity contribution in [1.29, 1.82) is 0 Å². The van der Waals surface area contributed by atoms with Crippen LogP contribution < -0.4 is 10.1 Å². The number of nitrogens with one attached hydrogen (secondary N) is 1. The number of amides is 1. The fourth-order valence-corrected chi connectivity index (χ4v) is 3.42. The first-order chi connectivity index (χ1) is 13.0. The third-order valence-electron chi connectivity index (χ3n) is 3.42. The number of rotatable bonds is 6. The van der Waals surface area contributed by atoms with Gasteiger partial charge < -0.3 is 9.47 Å². The second kappa shape index (κ2) is 8.32. The number of hydrogen-bond donors (Lipinski definition) is 1. The molecule has 0 radical (unpaired) electrons. The van der Waals surface area contributed by atoms with Gasteiger partial charge in [-0.05, 0) is 37.3 Å². The van der Waals surface area contributed by atoms with Crippen LogP contribution in [0.25, 0.3) is 10.2 Å². The largest absolute Gasteiger partial charge is 0.494 e. The molecule has 0 saturated heterocycles. The van der Waals surface area contributed by atoms with Crippen LogP contribution in [-0.4, -0.2) is 30.1 Å². The number of anilines is 1. The lowest BCUT2D eigenvalue weighted by Crippen LogP contribution is -2.21. The second-order valence-electron chi connectivity index (χ2n) is 5.30. The molecule has 0 aliphatic carbocycles. The summed E-state index contributed by atoms with van der Waals surface area (Å²) in [4.78, 5) is 28.2. The van der Waals surface area contributed by atoms with E-state index in [1.807, 2.05) is 13.0 Å². The number of hydrogen-bond acceptors (Lipinski definition) is 6. The molecule has 0 bridgehead atoms. The number of carbonyl (C=O) groups excluding carboxylic acids is 2. The van der Waals surface area contributed by atoms with E-state index in [0.717, 1.165) is 10.8 Å². The number of benzene rings is 2. The summed E-state index contributed by atoms with van der Waals surface area (Å²) in [6.07, 6.45) is 0. The summed E-state index contributed by atoms with van der Waals surface area (Å²) in [7, 11) is 0. The van der Waals surface area contributed by atoms with E-state index in [9.17, 15) is 14.0 Å². The molecule has 0 aliphatic rings. The van der Waals surface area contributed by atoms with Gasteiger partial charge in [0.2, 0.25) is 0 Å². The lowest BCUT2D eigenvalue weighted by Gasteiger charge is -2.06. The molecule has 3 rings (SSSR count). The zero-order valence-electron chi connectivity index (χ0n) is 14.1. The Morgan fingerprint density at radius 1 is 1.30 bits per heavy atom. The predicted molar refractivity (Wildman–Crippen MR) is 101 cm³/mol. The van der Waals surface area contributed by atoms with Gasteiger partial charge in [-0.2, -0.15) is 0 Å². The zero-order valence-corrected chi connectivity index (χ0v) is 15.7. The van der Waals surface area contributed by atoms with Gasteiger partial charge in [-0.25, -0.2) is 14.2 Å². The van der Waals surface area contributed by atoms with Crippen molar-refractivity contribution in [2.24, 2.45) is 0 Å². The molecular formula is C18H14ClFN2O4S. The summed E-state index contributed by atoms with van der Waals surface area (Å²) in [5.74, 6) is -1.72. The van der Waals surface area contributed by atoms with Crippen molar-refractivity contribution < 1.29 is 23.5 Å². The van der Waals surface area contributed by atoms with E-state index in [4.69, 9.17) is 21.1 Å². The first-order valence-corrected chi connectivity index (χ1v) is 9.11. The number of aromatic nitrogens is 1. The summed E-state index contributed by atoms with van der Waals surface area (Å²) in [5, 5.41) is 2.81. The number of carbonyl (C=O) groups is 2. The summed E-state index contributed by atoms with van der Waals surface area (Å²) in [5.41, 5.74) is 0.296. The standard InChI is InChI=1S/C18H14ClFN2O4S/c1-2-25-10-6-7-13-14(8-10)27-18(21-13)22-15(23)9-26-17(24)16-11(19)4-3-5-12(16)20/h3-8H,2,9H2,1H3,(H,21,22,23). The Morgan fingerprint density at radius 2 is 2.11 bits per heavy atom. The maximum Gasteiger partial charge on any atom is 0.343 e. The molecule has 27 heavy (non-hydrogen) atoms. The van der Waals surface area contributed by atoms with E-state index >= 15 is 0 Å². The average molecular weight is 409 g/mol. The van der Waals surface area contributed by atoms with Gasteiger partial charge in [0.25, 0.3) is 5.91 Å². The van der Waals surface area contributed by atoms with Crippen LogP contribution in [0.2, 0.25) is 5.02 Å². The fourth-order valence-electron chi connectivity index (χ4n) is 2.27. The summed E-state index contributed by atoms with van der Waals surface area (Å²) >= 11 is 7.05. The maximum absolute atomic E-state index is 13.7. The van der Waals surface area contributed by atoms with Crippen molar-refractivity contribution in [2.75, 3.05) is 18.5 Å². The van der Waals surface area contributed by atoms with Crippen molar-refractivity contribution in [3.63, 3.8) is 0 Å². The molecule has 1 N–H and O–H groups in total. The molecule has 140 valence electrons. The van der Waals surface area contributed by atoms with Gasteiger partial charge in [0.05, 0.1) is 21.8 Å². The Balaban J connectivity index is 1.62. The van der Waals surface area contributed by atoms with Crippen LogP contribution in [0.5, 0.6) is 5.75 Å². The molecule has 1 amide bonds. The smallest absolute Gasteiger partial charge is 0.343 e. The summed E-state index contributed by atoms with van der Waals surface area (Å²) < 4.78 is 24.8. The number of halogens is 2. The van der Waals surface area contributed by atoms with Gasteiger partial charge >= 0.3 is 5.97 Å². The van der Waals surface area contributed by atoms with Crippen molar-refractivity contribution in [3.8, 4) is 5.75 Å². The van der Waals surface area contributed by atoms with Crippen LogP contribution >= 0.6 is 22.9 Å². The van der Waals surface area contributed by atoms with Crippen molar-refractivity contribution in [3.05, 3.63) is 52.8 Å². The van der Waals surface area contributed by atoms with Gasteiger partial charge in [0, 0.05) is 0 Å². The molecular weight excluding hydrogens is 395 g/mol. The van der Waals surface area contributed by atoms with Crippen molar-refractivity contribution in [1.82, 2.24) is 4.98 Å². The van der Waals surface area contributed by atoms with E-state index in [1.165, 1.54) is 23.5 Å². The molecule has 6 nitrogen and oxygen atoms in total. The highest BCUT2D eigenvalue weighted by Gasteiger charge is 2.19. The Labute approximate surface area is 162 Å². The number of fused-ring (bicyclic) bond motifs is 1. The summed E-state index contributed by atoms with van der Waals surface area (Å²) in [6.45, 7) is 1.84. The van der Waals surface area contributed by atoms with Crippen LogP contribution in [0, 0.1) is 5.82 Å². The minimum atomic E-state index is -1.01. The maximum atomic E-state index is 13.7. The van der Waals surface area contributed by atoms with E-state index < -0.39 is 29.9 Å². The second-order valence-corrected chi connectivity index (χ2v) is 6.74. The van der Waals surface area contributed by atoms with E-state index in [2.05, 4.69) is 10.3 Å². The molecule has 0 spiro atoms. The van der Waals surface area contributed by atoms with Gasteiger partial charge in [-0.15, -0.1) is 0 Å². The predicted octanol–water partition coefficient (Wildman–Crippen LogP) is 4.28. The normalized spacial score (nSPS) is 10.6. The third-order valence-corrected chi connectivity index (χ3v) is 4.67. The molecule has 0 atom stereocenters. The quantitative estimate of drug-likeness (QED) is 0.616. The van der Waals surface area contributed by atoms with Crippen LogP contribution in [0.1, 0.15) is 17.3 Å². The molecule has 1 aromatic heterocycles. The minimum absolute atomic E-state index is 0.0864. The topological polar surface area (TPSA) is 77.5 Å². The first-order valence-electron chi connectivity index (χ1n) is 7.92. The van der Waals surface area contributed by atoms with Gasteiger partial charge in [-0.3, -0.25) is 10.1 Å². The number of thiazole rings is 1. The highest BCUT2D eigenvalue weighted by molar-refractivity contribution is 7.22. The first kappa shape index (κ1) is 19.1. The van der Waals surface area contributed by atoms with Crippen molar-refractivity contribution in [2.45, 2.75) is 6.92 Å². The molecule has 0 unspecified atom stereocenters. The average Bonchev–Trinajstić information content (AvgIpc) is 3.01. The van der Waals surface area contributed by atoms with Gasteiger partial charge in [-0.1, -0.05) is 29.0 Å². The Kier molecular flexibility index (Phi) is 5.88. The highest BCUT2D eigenvalue weighted by Crippen LogP contribution is 2.29. The Hall–Kier alpha value is -2.71.